The van der Waals surface area contributed by atoms with Gasteiger partial charge in [0, 0.05) is 41.6 Å². The first-order valence-corrected chi connectivity index (χ1v) is 7.82. The lowest BCUT2D eigenvalue weighted by molar-refractivity contribution is 0.179. The van der Waals surface area contributed by atoms with E-state index in [1.807, 2.05) is 0 Å². The molecule has 1 aromatic heterocycles. The number of aromatic nitrogens is 2. The van der Waals surface area contributed by atoms with Gasteiger partial charge in [-0.15, -0.1) is 0 Å². The third-order valence-corrected chi connectivity index (χ3v) is 4.17. The van der Waals surface area contributed by atoms with Crippen LogP contribution in [0.1, 0.15) is 17.0 Å². The minimum Gasteiger partial charge on any atom is -0.493 e. The monoisotopic (exact) mass is 355 g/mol. The highest BCUT2D eigenvalue weighted by atomic mass is 79.9. The quantitative estimate of drug-likeness (QED) is 0.893. The Labute approximate surface area is 129 Å². The number of hydrogen-bond donors (Lipinski definition) is 1. The summed E-state index contributed by atoms with van der Waals surface area (Å²) in [5.41, 5.74) is 2.39. The van der Waals surface area contributed by atoms with Gasteiger partial charge in [0.15, 0.2) is 5.82 Å². The van der Waals surface area contributed by atoms with E-state index in [1.165, 1.54) is 17.1 Å². The van der Waals surface area contributed by atoms with E-state index in [0.717, 1.165) is 33.9 Å². The van der Waals surface area contributed by atoms with Crippen LogP contribution in [-0.4, -0.2) is 23.1 Å². The first-order chi connectivity index (χ1) is 9.76. The van der Waals surface area contributed by atoms with Crippen molar-refractivity contribution in [1.82, 2.24) is 9.36 Å². The van der Waals surface area contributed by atoms with Gasteiger partial charge in [-0.1, -0.05) is 15.9 Å². The molecule has 20 heavy (non-hydrogen) atoms. The first-order valence-electron chi connectivity index (χ1n) is 6.26. The molecule has 106 valence electrons. The van der Waals surface area contributed by atoms with Crippen molar-refractivity contribution in [3.8, 4) is 5.75 Å². The van der Waals surface area contributed by atoms with E-state index in [-0.39, 0.29) is 0 Å². The summed E-state index contributed by atoms with van der Waals surface area (Å²) in [6.45, 7) is 1.87. The third-order valence-electron chi connectivity index (χ3n) is 3.00. The molecule has 0 bridgehead atoms. The van der Waals surface area contributed by atoms with Crippen LogP contribution in [0.4, 0.5) is 5.13 Å². The Kier molecular flexibility index (Phi) is 4.18. The summed E-state index contributed by atoms with van der Waals surface area (Å²) in [7, 11) is 1.64. The Morgan fingerprint density at radius 2 is 2.40 bits per heavy atom. The number of benzene rings is 1. The highest BCUT2D eigenvalue weighted by molar-refractivity contribution is 9.10. The second-order valence-electron chi connectivity index (χ2n) is 4.45. The van der Waals surface area contributed by atoms with Gasteiger partial charge in [-0.2, -0.15) is 4.37 Å². The molecule has 0 aliphatic carbocycles. The maximum absolute atomic E-state index is 5.70. The summed E-state index contributed by atoms with van der Waals surface area (Å²) in [4.78, 5) is 4.35. The molecule has 0 spiro atoms. The molecule has 1 N–H and O–H groups in total. The molecule has 1 aliphatic heterocycles. The van der Waals surface area contributed by atoms with E-state index < -0.39 is 0 Å². The second-order valence-corrected chi connectivity index (χ2v) is 6.12. The van der Waals surface area contributed by atoms with Crippen molar-refractivity contribution in [2.75, 3.05) is 19.0 Å². The van der Waals surface area contributed by atoms with Gasteiger partial charge in [-0.05, 0) is 17.7 Å². The van der Waals surface area contributed by atoms with Crippen molar-refractivity contribution < 1.29 is 9.47 Å². The van der Waals surface area contributed by atoms with Gasteiger partial charge in [0.2, 0.25) is 5.13 Å². The molecule has 3 rings (SSSR count). The molecular formula is C13H14BrN3O2S. The number of fused-ring (bicyclic) bond motifs is 1. The SMILES string of the molecule is COCc1nsc(NCc2cc(Br)cc3c2OCC3)n1. The van der Waals surface area contributed by atoms with E-state index >= 15 is 0 Å². The summed E-state index contributed by atoms with van der Waals surface area (Å²) < 4.78 is 16.0. The Hall–Kier alpha value is -1.18. The lowest BCUT2D eigenvalue weighted by Gasteiger charge is -2.09. The van der Waals surface area contributed by atoms with Crippen LogP contribution in [0.5, 0.6) is 5.75 Å². The number of hydrogen-bond acceptors (Lipinski definition) is 6. The average Bonchev–Trinajstić information content (AvgIpc) is 3.05. The fraction of sp³-hybridized carbons (Fsp3) is 0.385. The van der Waals surface area contributed by atoms with Crippen molar-refractivity contribution in [2.24, 2.45) is 0 Å². The highest BCUT2D eigenvalue weighted by Gasteiger charge is 2.17. The molecule has 0 fully saturated rings. The van der Waals surface area contributed by atoms with Crippen LogP contribution in [0.15, 0.2) is 16.6 Å². The number of ether oxygens (including phenoxy) is 2. The van der Waals surface area contributed by atoms with E-state index in [9.17, 15) is 0 Å². The molecule has 5 nitrogen and oxygen atoms in total. The van der Waals surface area contributed by atoms with E-state index in [1.54, 1.807) is 7.11 Å². The lowest BCUT2D eigenvalue weighted by atomic mass is 10.1. The van der Waals surface area contributed by atoms with Gasteiger partial charge >= 0.3 is 0 Å². The average molecular weight is 356 g/mol. The summed E-state index contributed by atoms with van der Waals surface area (Å²) in [6, 6.07) is 4.20. The molecule has 2 aromatic rings. The Morgan fingerprint density at radius 3 is 3.25 bits per heavy atom. The van der Waals surface area contributed by atoms with Gasteiger partial charge in [-0.25, -0.2) is 4.98 Å². The zero-order valence-electron chi connectivity index (χ0n) is 11.0. The minimum absolute atomic E-state index is 0.438. The molecule has 1 aromatic carbocycles. The van der Waals surface area contributed by atoms with Crippen LogP contribution in [0.2, 0.25) is 0 Å². The van der Waals surface area contributed by atoms with Crippen LogP contribution in [0.3, 0.4) is 0 Å². The van der Waals surface area contributed by atoms with Crippen molar-refractivity contribution in [1.29, 1.82) is 0 Å². The number of anilines is 1. The van der Waals surface area contributed by atoms with Crippen molar-refractivity contribution in [2.45, 2.75) is 19.6 Å². The molecule has 0 radical (unpaired) electrons. The largest absolute Gasteiger partial charge is 0.493 e. The Morgan fingerprint density at radius 1 is 1.50 bits per heavy atom. The van der Waals surface area contributed by atoms with Crippen LogP contribution in [0.25, 0.3) is 0 Å². The Balaban J connectivity index is 1.72. The van der Waals surface area contributed by atoms with Crippen molar-refractivity contribution in [3.63, 3.8) is 0 Å². The number of nitrogens with one attached hydrogen (secondary N) is 1. The number of halogens is 1. The van der Waals surface area contributed by atoms with Gasteiger partial charge in [0.25, 0.3) is 0 Å². The summed E-state index contributed by atoms with van der Waals surface area (Å²) in [5.74, 6) is 1.71. The molecule has 0 saturated carbocycles. The summed E-state index contributed by atoms with van der Waals surface area (Å²) >= 11 is 4.88. The summed E-state index contributed by atoms with van der Waals surface area (Å²) in [5, 5.41) is 4.08. The zero-order valence-corrected chi connectivity index (χ0v) is 13.4. The topological polar surface area (TPSA) is 56.3 Å². The first kappa shape index (κ1) is 13.8. The van der Waals surface area contributed by atoms with Crippen LogP contribution in [-0.2, 0) is 24.3 Å². The number of methoxy groups -OCH3 is 1. The predicted molar refractivity (Wildman–Crippen MR) is 81.3 cm³/mol. The molecular weight excluding hydrogens is 342 g/mol. The third kappa shape index (κ3) is 2.94. The fourth-order valence-corrected chi connectivity index (χ4v) is 3.28. The van der Waals surface area contributed by atoms with Gasteiger partial charge in [0.05, 0.1) is 6.61 Å². The fourth-order valence-electron chi connectivity index (χ4n) is 2.16. The molecule has 0 unspecified atom stereocenters. The molecule has 7 heteroatoms. The van der Waals surface area contributed by atoms with E-state index in [0.29, 0.717) is 19.0 Å². The van der Waals surface area contributed by atoms with Gasteiger partial charge < -0.3 is 14.8 Å². The van der Waals surface area contributed by atoms with Crippen LogP contribution in [0, 0.1) is 0 Å². The maximum Gasteiger partial charge on any atom is 0.202 e. The standard InChI is InChI=1S/C13H14BrN3O2S/c1-18-7-11-16-13(20-17-11)15-6-9-5-10(14)4-8-2-3-19-12(8)9/h4-5H,2-3,6-7H2,1H3,(H,15,16,17). The molecule has 0 amide bonds. The van der Waals surface area contributed by atoms with Gasteiger partial charge in [0.1, 0.15) is 12.4 Å². The Bertz CT molecular complexity index is 618. The predicted octanol–water partition coefficient (Wildman–Crippen LogP) is 2.99. The smallest absolute Gasteiger partial charge is 0.202 e. The second kappa shape index (κ2) is 6.07. The highest BCUT2D eigenvalue weighted by Crippen LogP contribution is 2.33. The number of nitrogens with zero attached hydrogens (tertiary/aromatic N) is 2. The maximum atomic E-state index is 5.70. The minimum atomic E-state index is 0.438. The lowest BCUT2D eigenvalue weighted by Crippen LogP contribution is -2.02. The van der Waals surface area contributed by atoms with Crippen LogP contribution >= 0.6 is 27.5 Å². The van der Waals surface area contributed by atoms with Crippen LogP contribution < -0.4 is 10.1 Å². The van der Waals surface area contributed by atoms with Gasteiger partial charge in [-0.3, -0.25) is 0 Å². The van der Waals surface area contributed by atoms with Crippen molar-refractivity contribution in [3.05, 3.63) is 33.6 Å². The summed E-state index contributed by atoms with van der Waals surface area (Å²) in [6.07, 6.45) is 0.971. The zero-order chi connectivity index (χ0) is 13.9. The van der Waals surface area contributed by atoms with E-state index in [4.69, 9.17) is 9.47 Å². The molecule has 0 atom stereocenters. The molecule has 0 saturated heterocycles. The molecule has 1 aliphatic rings. The number of rotatable bonds is 5. The molecule has 2 heterocycles. The normalized spacial score (nSPS) is 13.1. The van der Waals surface area contributed by atoms with Crippen molar-refractivity contribution >= 4 is 32.6 Å². The van der Waals surface area contributed by atoms with E-state index in [2.05, 4.69) is 42.7 Å².